The van der Waals surface area contributed by atoms with Crippen LogP contribution >= 0.6 is 0 Å². The molecule has 6 heteroatoms. The summed E-state index contributed by atoms with van der Waals surface area (Å²) in [5, 5.41) is 12.1. The first-order chi connectivity index (χ1) is 9.27. The van der Waals surface area contributed by atoms with E-state index in [4.69, 9.17) is 14.4 Å². The van der Waals surface area contributed by atoms with Gasteiger partial charge in [-0.15, -0.1) is 0 Å². The number of nitrogens with one attached hydrogen (secondary N) is 1. The maximum atomic E-state index is 8.95. The van der Waals surface area contributed by atoms with Crippen LogP contribution in [0, 0.1) is 6.92 Å². The van der Waals surface area contributed by atoms with Crippen molar-refractivity contribution in [1.29, 1.82) is 0 Å². The second-order valence-corrected chi connectivity index (χ2v) is 6.19. The predicted octanol–water partition coefficient (Wildman–Crippen LogP) is 1.09. The van der Waals surface area contributed by atoms with Crippen molar-refractivity contribution in [3.05, 3.63) is 17.8 Å². The van der Waals surface area contributed by atoms with Crippen molar-refractivity contribution in [3.63, 3.8) is 0 Å². The van der Waals surface area contributed by atoms with E-state index in [9.17, 15) is 0 Å². The molecule has 0 aromatic carbocycles. The smallest absolute Gasteiger partial charge is 0.399 e. The van der Waals surface area contributed by atoms with Gasteiger partial charge in [0.15, 0.2) is 0 Å². The van der Waals surface area contributed by atoms with Crippen LogP contribution in [0.5, 0.6) is 0 Å². The van der Waals surface area contributed by atoms with Crippen molar-refractivity contribution in [3.8, 4) is 0 Å². The van der Waals surface area contributed by atoms with E-state index in [1.807, 2.05) is 40.7 Å². The van der Waals surface area contributed by atoms with Crippen molar-refractivity contribution < 1.29 is 14.4 Å². The minimum Gasteiger partial charge on any atom is -0.399 e. The molecule has 1 aliphatic heterocycles. The van der Waals surface area contributed by atoms with Crippen LogP contribution in [0.15, 0.2) is 12.3 Å². The summed E-state index contributed by atoms with van der Waals surface area (Å²) in [6, 6.07) is 2.01. The molecular weight excluding hydrogens is 255 g/mol. The van der Waals surface area contributed by atoms with E-state index in [0.29, 0.717) is 12.4 Å². The van der Waals surface area contributed by atoms with Gasteiger partial charge in [0.05, 0.1) is 17.8 Å². The quantitative estimate of drug-likeness (QED) is 0.807. The van der Waals surface area contributed by atoms with Crippen LogP contribution in [-0.2, 0) is 9.31 Å². The number of hydrogen-bond acceptors (Lipinski definition) is 5. The van der Waals surface area contributed by atoms with Crippen molar-refractivity contribution in [2.75, 3.05) is 18.5 Å². The lowest BCUT2D eigenvalue weighted by molar-refractivity contribution is 0.00578. The lowest BCUT2D eigenvalue weighted by atomic mass is 9.78. The fourth-order valence-corrected chi connectivity index (χ4v) is 2.06. The predicted molar refractivity (Wildman–Crippen MR) is 80.3 cm³/mol. The molecule has 0 amide bonds. The zero-order valence-electron chi connectivity index (χ0n) is 12.9. The SMILES string of the molecule is Cc1cnc(NCCO)c(B2OC(C)(C)C(C)(C)O2)c1. The number of pyridine rings is 1. The van der Waals surface area contributed by atoms with E-state index >= 15 is 0 Å². The van der Waals surface area contributed by atoms with Crippen LogP contribution in [-0.4, -0.2) is 41.6 Å². The molecule has 0 bridgehead atoms. The summed E-state index contributed by atoms with van der Waals surface area (Å²) in [6.07, 6.45) is 1.79. The monoisotopic (exact) mass is 278 g/mol. The van der Waals surface area contributed by atoms with E-state index in [0.717, 1.165) is 11.0 Å². The van der Waals surface area contributed by atoms with Crippen LogP contribution in [0.25, 0.3) is 0 Å². The van der Waals surface area contributed by atoms with E-state index in [2.05, 4.69) is 10.3 Å². The van der Waals surface area contributed by atoms with Crippen LogP contribution in [0.3, 0.4) is 0 Å². The molecule has 0 aliphatic carbocycles. The molecule has 0 radical (unpaired) electrons. The molecule has 1 aliphatic rings. The van der Waals surface area contributed by atoms with Crippen molar-refractivity contribution >= 4 is 18.4 Å². The fraction of sp³-hybridized carbons (Fsp3) is 0.643. The lowest BCUT2D eigenvalue weighted by Crippen LogP contribution is -2.41. The van der Waals surface area contributed by atoms with Gasteiger partial charge in [-0.1, -0.05) is 6.07 Å². The molecule has 0 saturated carbocycles. The molecule has 1 aromatic heterocycles. The molecule has 1 aromatic rings. The number of rotatable bonds is 4. The van der Waals surface area contributed by atoms with Gasteiger partial charge in [-0.2, -0.15) is 0 Å². The number of aryl methyl sites for hydroxylation is 1. The average Bonchev–Trinajstić information content (AvgIpc) is 2.57. The normalized spacial score (nSPS) is 20.2. The number of aliphatic hydroxyl groups is 1. The second kappa shape index (κ2) is 5.35. The van der Waals surface area contributed by atoms with Gasteiger partial charge >= 0.3 is 7.12 Å². The number of aromatic nitrogens is 1. The maximum absolute atomic E-state index is 8.95. The summed E-state index contributed by atoms with van der Waals surface area (Å²) in [4.78, 5) is 4.37. The van der Waals surface area contributed by atoms with Crippen molar-refractivity contribution in [1.82, 2.24) is 4.98 Å². The average molecular weight is 278 g/mol. The Morgan fingerprint density at radius 3 is 2.40 bits per heavy atom. The zero-order valence-corrected chi connectivity index (χ0v) is 12.9. The number of nitrogens with zero attached hydrogens (tertiary/aromatic N) is 1. The summed E-state index contributed by atoms with van der Waals surface area (Å²) in [6.45, 7) is 10.6. The van der Waals surface area contributed by atoms with Crippen LogP contribution < -0.4 is 10.8 Å². The van der Waals surface area contributed by atoms with Gasteiger partial charge in [0, 0.05) is 18.2 Å². The molecule has 1 saturated heterocycles. The molecule has 5 nitrogen and oxygen atoms in total. The molecule has 110 valence electrons. The van der Waals surface area contributed by atoms with E-state index in [-0.39, 0.29) is 17.8 Å². The molecule has 2 rings (SSSR count). The molecule has 2 N–H and O–H groups in total. The van der Waals surface area contributed by atoms with Gasteiger partial charge in [-0.3, -0.25) is 0 Å². The summed E-state index contributed by atoms with van der Waals surface area (Å²) in [5.74, 6) is 0.697. The first kappa shape index (κ1) is 15.3. The van der Waals surface area contributed by atoms with E-state index in [1.165, 1.54) is 0 Å². The summed E-state index contributed by atoms with van der Waals surface area (Å²) < 4.78 is 12.1. The Bertz CT molecular complexity index is 475. The maximum Gasteiger partial charge on any atom is 0.498 e. The summed E-state index contributed by atoms with van der Waals surface area (Å²) in [7, 11) is -0.450. The zero-order chi connectivity index (χ0) is 15.0. The third kappa shape index (κ3) is 2.82. The third-order valence-electron chi connectivity index (χ3n) is 3.97. The number of hydrogen-bond donors (Lipinski definition) is 2. The lowest BCUT2D eigenvalue weighted by Gasteiger charge is -2.32. The Balaban J connectivity index is 2.31. The Kier molecular flexibility index (Phi) is 4.09. The van der Waals surface area contributed by atoms with Crippen LogP contribution in [0.2, 0.25) is 0 Å². The Morgan fingerprint density at radius 1 is 1.25 bits per heavy atom. The van der Waals surface area contributed by atoms with Gasteiger partial charge in [-0.25, -0.2) is 4.98 Å². The van der Waals surface area contributed by atoms with Crippen molar-refractivity contribution in [2.45, 2.75) is 45.8 Å². The fourth-order valence-electron chi connectivity index (χ4n) is 2.06. The minimum absolute atomic E-state index is 0.0539. The molecule has 2 heterocycles. The Labute approximate surface area is 120 Å². The third-order valence-corrected chi connectivity index (χ3v) is 3.97. The van der Waals surface area contributed by atoms with Gasteiger partial charge in [-0.05, 0) is 40.2 Å². The van der Waals surface area contributed by atoms with Crippen molar-refractivity contribution in [2.24, 2.45) is 0 Å². The van der Waals surface area contributed by atoms with Gasteiger partial charge in [0.1, 0.15) is 5.82 Å². The highest BCUT2D eigenvalue weighted by Crippen LogP contribution is 2.36. The highest BCUT2D eigenvalue weighted by molar-refractivity contribution is 6.63. The summed E-state index contributed by atoms with van der Waals surface area (Å²) >= 11 is 0. The topological polar surface area (TPSA) is 63.6 Å². The Hall–Kier alpha value is -1.11. The minimum atomic E-state index is -0.450. The molecule has 0 spiro atoms. The Morgan fingerprint density at radius 2 is 1.85 bits per heavy atom. The largest absolute Gasteiger partial charge is 0.498 e. The van der Waals surface area contributed by atoms with E-state index in [1.54, 1.807) is 6.20 Å². The molecule has 20 heavy (non-hydrogen) atoms. The van der Waals surface area contributed by atoms with Crippen LogP contribution in [0.4, 0.5) is 5.82 Å². The molecular formula is C14H23BN2O3. The highest BCUT2D eigenvalue weighted by atomic mass is 16.7. The van der Waals surface area contributed by atoms with Gasteiger partial charge in [0.25, 0.3) is 0 Å². The second-order valence-electron chi connectivity index (χ2n) is 6.19. The number of anilines is 1. The van der Waals surface area contributed by atoms with E-state index < -0.39 is 7.12 Å². The molecule has 1 fully saturated rings. The standard InChI is InChI=1S/C14H23BN2O3/c1-10-8-11(12(17-9-10)16-6-7-18)15-19-13(2,3)14(4,5)20-15/h8-9,18H,6-7H2,1-5H3,(H,16,17). The molecule has 0 atom stereocenters. The van der Waals surface area contributed by atoms with Gasteiger partial charge < -0.3 is 19.7 Å². The van der Waals surface area contributed by atoms with Crippen LogP contribution in [0.1, 0.15) is 33.3 Å². The first-order valence-electron chi connectivity index (χ1n) is 6.94. The first-order valence-corrected chi connectivity index (χ1v) is 6.94. The van der Waals surface area contributed by atoms with Gasteiger partial charge in [0.2, 0.25) is 0 Å². The summed E-state index contributed by atoms with van der Waals surface area (Å²) in [5.41, 5.74) is 1.16. The highest BCUT2D eigenvalue weighted by Gasteiger charge is 2.52. The molecule has 0 unspecified atom stereocenters. The number of aliphatic hydroxyl groups excluding tert-OH is 1.